The average molecular weight is 347 g/mol. The summed E-state index contributed by atoms with van der Waals surface area (Å²) in [5, 5.41) is 3.15. The summed E-state index contributed by atoms with van der Waals surface area (Å²) in [6.07, 6.45) is 8.35. The molecule has 0 radical (unpaired) electrons. The van der Waals surface area contributed by atoms with Gasteiger partial charge in [-0.1, -0.05) is 51.2 Å². The third-order valence-electron chi connectivity index (χ3n) is 4.09. The third-order valence-corrected chi connectivity index (χ3v) is 4.09. The lowest BCUT2D eigenvalue weighted by Gasteiger charge is -2.11. The first kappa shape index (κ1) is 21.0. The molecule has 3 N–H and O–H groups in total. The van der Waals surface area contributed by atoms with Gasteiger partial charge in [-0.25, -0.2) is 0 Å². The first-order valence-electron chi connectivity index (χ1n) is 9.39. The first-order valence-corrected chi connectivity index (χ1v) is 9.39. The molecule has 1 rings (SSSR count). The van der Waals surface area contributed by atoms with Gasteiger partial charge in [0, 0.05) is 32.7 Å². The van der Waals surface area contributed by atoms with Crippen molar-refractivity contribution in [2.45, 2.75) is 51.9 Å². The molecule has 0 aromatic heterocycles. The van der Waals surface area contributed by atoms with E-state index < -0.39 is 0 Å². The topological polar surface area (TPSA) is 70.7 Å². The number of guanidine groups is 1. The molecule has 0 saturated heterocycles. The largest absolute Gasteiger partial charge is 0.370 e. The molecule has 5 nitrogen and oxygen atoms in total. The number of hydrogen-bond donors (Lipinski definition) is 2. The van der Waals surface area contributed by atoms with Gasteiger partial charge in [0.25, 0.3) is 5.91 Å². The number of carbonyl (C=O) groups is 1. The van der Waals surface area contributed by atoms with Crippen molar-refractivity contribution in [2.75, 3.05) is 27.2 Å². The number of nitrogens with two attached hydrogens (primary N) is 1. The molecule has 0 aliphatic carbocycles. The Morgan fingerprint density at radius 2 is 1.88 bits per heavy atom. The van der Waals surface area contributed by atoms with Gasteiger partial charge < -0.3 is 16.0 Å². The van der Waals surface area contributed by atoms with Gasteiger partial charge in [-0.3, -0.25) is 9.79 Å². The lowest BCUT2D eigenvalue weighted by molar-refractivity contribution is 0.0827. The minimum atomic E-state index is 0.0230. The van der Waals surface area contributed by atoms with E-state index in [1.54, 1.807) is 19.0 Å². The molecule has 1 amide bonds. The maximum absolute atomic E-state index is 12.0. The van der Waals surface area contributed by atoms with E-state index in [2.05, 4.69) is 17.2 Å². The van der Waals surface area contributed by atoms with Gasteiger partial charge in [-0.2, -0.15) is 0 Å². The number of rotatable bonds is 11. The summed E-state index contributed by atoms with van der Waals surface area (Å²) in [6.45, 7) is 3.73. The van der Waals surface area contributed by atoms with Crippen LogP contribution in [0.5, 0.6) is 0 Å². The van der Waals surface area contributed by atoms with Gasteiger partial charge in [-0.05, 0) is 30.5 Å². The number of benzene rings is 1. The van der Waals surface area contributed by atoms with Crippen LogP contribution >= 0.6 is 0 Å². The fraction of sp³-hybridized carbons (Fsp3) is 0.600. The van der Waals surface area contributed by atoms with E-state index in [9.17, 15) is 4.79 Å². The zero-order valence-corrected chi connectivity index (χ0v) is 16.1. The summed E-state index contributed by atoms with van der Waals surface area (Å²) >= 11 is 0. The van der Waals surface area contributed by atoms with Crippen molar-refractivity contribution >= 4 is 11.9 Å². The summed E-state index contributed by atoms with van der Waals surface area (Å²) in [4.78, 5) is 17.9. The van der Waals surface area contributed by atoms with E-state index in [0.29, 0.717) is 18.1 Å². The lowest BCUT2D eigenvalue weighted by Crippen LogP contribution is -2.33. The van der Waals surface area contributed by atoms with Gasteiger partial charge in [0.05, 0.1) is 0 Å². The molecular weight excluding hydrogens is 312 g/mol. The van der Waals surface area contributed by atoms with Gasteiger partial charge in [0.1, 0.15) is 0 Å². The van der Waals surface area contributed by atoms with Crippen molar-refractivity contribution in [3.63, 3.8) is 0 Å². The van der Waals surface area contributed by atoms with E-state index >= 15 is 0 Å². The smallest absolute Gasteiger partial charge is 0.253 e. The number of amides is 1. The van der Waals surface area contributed by atoms with Crippen molar-refractivity contribution < 1.29 is 4.79 Å². The normalized spacial score (nSPS) is 11.4. The Balaban J connectivity index is 2.26. The molecule has 0 heterocycles. The summed E-state index contributed by atoms with van der Waals surface area (Å²) < 4.78 is 0. The second-order valence-corrected chi connectivity index (χ2v) is 6.61. The molecule has 0 spiro atoms. The zero-order chi connectivity index (χ0) is 18.5. The number of nitrogens with zero attached hydrogens (tertiary/aromatic N) is 2. The highest BCUT2D eigenvalue weighted by atomic mass is 16.2. The Bertz CT molecular complexity index is 540. The Morgan fingerprint density at radius 3 is 2.60 bits per heavy atom. The molecule has 1 aromatic carbocycles. The van der Waals surface area contributed by atoms with Gasteiger partial charge in [0.2, 0.25) is 0 Å². The Kier molecular flexibility index (Phi) is 10.4. The average Bonchev–Trinajstić information content (AvgIpc) is 2.60. The second-order valence-electron chi connectivity index (χ2n) is 6.61. The van der Waals surface area contributed by atoms with Crippen LogP contribution in [0.4, 0.5) is 0 Å². The highest BCUT2D eigenvalue weighted by Gasteiger charge is 2.07. The maximum atomic E-state index is 12.0. The van der Waals surface area contributed by atoms with Crippen molar-refractivity contribution in [3.8, 4) is 0 Å². The van der Waals surface area contributed by atoms with Crippen LogP contribution < -0.4 is 11.1 Å². The number of unbranched alkanes of at least 4 members (excludes halogenated alkanes) is 5. The molecule has 0 aliphatic heterocycles. The van der Waals surface area contributed by atoms with E-state index in [4.69, 9.17) is 5.73 Å². The molecule has 0 saturated carbocycles. The van der Waals surface area contributed by atoms with E-state index in [1.165, 1.54) is 32.1 Å². The SMILES string of the molecule is CCCCCCCCN=C(N)NCCc1cccc(C(=O)N(C)C)c1. The maximum Gasteiger partial charge on any atom is 0.253 e. The van der Waals surface area contributed by atoms with Crippen molar-refractivity contribution in [1.82, 2.24) is 10.2 Å². The predicted molar refractivity (Wildman–Crippen MR) is 106 cm³/mol. The summed E-state index contributed by atoms with van der Waals surface area (Å²) in [6, 6.07) is 7.73. The van der Waals surface area contributed by atoms with Gasteiger partial charge in [0.15, 0.2) is 5.96 Å². The quantitative estimate of drug-likeness (QED) is 0.367. The van der Waals surface area contributed by atoms with Crippen LogP contribution in [0.15, 0.2) is 29.3 Å². The molecule has 140 valence electrons. The minimum Gasteiger partial charge on any atom is -0.370 e. The zero-order valence-electron chi connectivity index (χ0n) is 16.1. The summed E-state index contributed by atoms with van der Waals surface area (Å²) in [7, 11) is 3.52. The van der Waals surface area contributed by atoms with Crippen LogP contribution in [-0.4, -0.2) is 44.0 Å². The number of nitrogens with one attached hydrogen (secondary N) is 1. The molecule has 5 heteroatoms. The predicted octanol–water partition coefficient (Wildman–Crippen LogP) is 3.20. The number of hydrogen-bond acceptors (Lipinski definition) is 2. The van der Waals surface area contributed by atoms with Crippen LogP contribution in [-0.2, 0) is 6.42 Å². The van der Waals surface area contributed by atoms with Crippen LogP contribution in [0.3, 0.4) is 0 Å². The van der Waals surface area contributed by atoms with Crippen molar-refractivity contribution in [3.05, 3.63) is 35.4 Å². The van der Waals surface area contributed by atoms with E-state index in [1.807, 2.05) is 24.3 Å². The standard InChI is InChI=1S/C20H34N4O/c1-4-5-6-7-8-9-14-22-20(21)23-15-13-17-11-10-12-18(16-17)19(25)24(2)3/h10-12,16H,4-9,13-15H2,1-3H3,(H3,21,22,23). The fourth-order valence-corrected chi connectivity index (χ4v) is 2.60. The monoisotopic (exact) mass is 346 g/mol. The van der Waals surface area contributed by atoms with Crippen LogP contribution in [0.2, 0.25) is 0 Å². The Labute approximate surface area is 152 Å². The van der Waals surface area contributed by atoms with Gasteiger partial charge in [-0.15, -0.1) is 0 Å². The van der Waals surface area contributed by atoms with Crippen LogP contribution in [0, 0.1) is 0 Å². The third kappa shape index (κ3) is 9.13. The first-order chi connectivity index (χ1) is 12.0. The molecule has 0 aliphatic rings. The Hall–Kier alpha value is -2.04. The number of carbonyl (C=O) groups excluding carboxylic acids is 1. The highest BCUT2D eigenvalue weighted by molar-refractivity contribution is 5.94. The molecular formula is C20H34N4O. The van der Waals surface area contributed by atoms with Crippen LogP contribution in [0.25, 0.3) is 0 Å². The molecule has 0 atom stereocenters. The minimum absolute atomic E-state index is 0.0230. The highest BCUT2D eigenvalue weighted by Crippen LogP contribution is 2.08. The van der Waals surface area contributed by atoms with E-state index in [0.717, 1.165) is 24.9 Å². The molecule has 0 bridgehead atoms. The molecule has 0 fully saturated rings. The molecule has 0 unspecified atom stereocenters. The van der Waals surface area contributed by atoms with E-state index in [-0.39, 0.29) is 5.91 Å². The summed E-state index contributed by atoms with van der Waals surface area (Å²) in [5.41, 5.74) is 7.73. The van der Waals surface area contributed by atoms with Crippen molar-refractivity contribution in [2.24, 2.45) is 10.7 Å². The lowest BCUT2D eigenvalue weighted by atomic mass is 10.1. The fourth-order valence-electron chi connectivity index (χ4n) is 2.60. The summed E-state index contributed by atoms with van der Waals surface area (Å²) in [5.74, 6) is 0.531. The van der Waals surface area contributed by atoms with Crippen molar-refractivity contribution in [1.29, 1.82) is 0 Å². The number of aliphatic imine (C=N–C) groups is 1. The molecule has 25 heavy (non-hydrogen) atoms. The molecule has 1 aromatic rings. The van der Waals surface area contributed by atoms with Gasteiger partial charge >= 0.3 is 0 Å². The van der Waals surface area contributed by atoms with Crippen LogP contribution in [0.1, 0.15) is 61.4 Å². The Morgan fingerprint density at radius 1 is 1.16 bits per heavy atom. The second kappa shape index (κ2) is 12.3.